The van der Waals surface area contributed by atoms with Crippen LogP contribution in [0, 0.1) is 0 Å². The lowest BCUT2D eigenvalue weighted by atomic mass is 10.0. The van der Waals surface area contributed by atoms with E-state index in [4.69, 9.17) is 5.11 Å². The van der Waals surface area contributed by atoms with Crippen molar-refractivity contribution in [1.82, 2.24) is 0 Å². The van der Waals surface area contributed by atoms with Crippen LogP contribution in [-0.2, 0) is 4.74 Å². The Morgan fingerprint density at radius 2 is 0.783 bits per heavy atom. The van der Waals surface area contributed by atoms with E-state index in [0.717, 1.165) is 19.6 Å². The van der Waals surface area contributed by atoms with E-state index < -0.39 is 0 Å². The van der Waals surface area contributed by atoms with Crippen molar-refractivity contribution in [3.8, 4) is 0 Å². The van der Waals surface area contributed by atoms with Crippen molar-refractivity contribution < 1.29 is 9.84 Å². The van der Waals surface area contributed by atoms with Gasteiger partial charge >= 0.3 is 0 Å². The largest absolute Gasteiger partial charge is 0.396 e. The number of unbranched alkanes of at least 4 members (excludes halogenated alkanes) is 16. The molecule has 1 rings (SSSR count). The van der Waals surface area contributed by atoms with Crippen molar-refractivity contribution in [3.05, 3.63) is 0 Å². The third kappa shape index (κ3) is 27.1. The van der Waals surface area contributed by atoms with Gasteiger partial charge in [0.15, 0.2) is 0 Å². The predicted octanol–water partition coefficient (Wildman–Crippen LogP) is 6.65. The van der Waals surface area contributed by atoms with E-state index in [2.05, 4.69) is 11.7 Å². The molecule has 1 N–H and O–H groups in total. The first-order chi connectivity index (χ1) is 11.4. The molecule has 0 atom stereocenters. The van der Waals surface area contributed by atoms with Crippen molar-refractivity contribution in [1.29, 1.82) is 0 Å². The number of rotatable bonds is 17. The maximum absolute atomic E-state index is 8.68. The molecule has 1 heterocycles. The quantitative estimate of drug-likeness (QED) is 0.239. The lowest BCUT2D eigenvalue weighted by Gasteiger charge is -2.03. The standard InChI is InChI=1S/C19H40O.C2H4O/c1-2-3-4-5-6-7-8-9-10-11-12-13-14-15-16-17-18-19-20;1-2-3-1/h20H,2-19H2,1H3;1-2H2. The van der Waals surface area contributed by atoms with Crippen LogP contribution in [0.25, 0.3) is 0 Å². The van der Waals surface area contributed by atoms with Gasteiger partial charge in [0.05, 0.1) is 13.2 Å². The van der Waals surface area contributed by atoms with E-state index in [-0.39, 0.29) is 0 Å². The molecular weight excluding hydrogens is 284 g/mol. The van der Waals surface area contributed by atoms with E-state index in [1.54, 1.807) is 0 Å². The minimum absolute atomic E-state index is 0.374. The lowest BCUT2D eigenvalue weighted by Crippen LogP contribution is -1.85. The summed E-state index contributed by atoms with van der Waals surface area (Å²) in [6.07, 6.45) is 23.7. The fraction of sp³-hybridized carbons (Fsp3) is 1.00. The van der Waals surface area contributed by atoms with Crippen LogP contribution in [0.4, 0.5) is 0 Å². The van der Waals surface area contributed by atoms with E-state index in [1.807, 2.05) is 0 Å². The zero-order valence-electron chi connectivity index (χ0n) is 16.0. The first kappa shape index (κ1) is 22.9. The fourth-order valence-electron chi connectivity index (χ4n) is 2.84. The highest BCUT2D eigenvalue weighted by atomic mass is 16.6. The summed E-state index contributed by atoms with van der Waals surface area (Å²) in [5, 5.41) is 8.68. The molecule has 0 aromatic heterocycles. The predicted molar refractivity (Wildman–Crippen MR) is 102 cm³/mol. The monoisotopic (exact) mass is 328 g/mol. The Morgan fingerprint density at radius 1 is 0.522 bits per heavy atom. The van der Waals surface area contributed by atoms with E-state index in [9.17, 15) is 0 Å². The highest BCUT2D eigenvalue weighted by Crippen LogP contribution is 2.13. The molecule has 2 heteroatoms. The van der Waals surface area contributed by atoms with Gasteiger partial charge in [0, 0.05) is 6.61 Å². The molecule has 1 fully saturated rings. The average molecular weight is 329 g/mol. The van der Waals surface area contributed by atoms with Gasteiger partial charge in [-0.1, -0.05) is 110 Å². The highest BCUT2D eigenvalue weighted by Gasteiger charge is 1.94. The van der Waals surface area contributed by atoms with Crippen LogP contribution < -0.4 is 0 Å². The summed E-state index contributed by atoms with van der Waals surface area (Å²) in [5.74, 6) is 0. The summed E-state index contributed by atoms with van der Waals surface area (Å²) in [6, 6.07) is 0. The molecule has 1 aliphatic heterocycles. The molecule has 1 aliphatic rings. The van der Waals surface area contributed by atoms with Crippen LogP contribution in [0.1, 0.15) is 116 Å². The van der Waals surface area contributed by atoms with E-state index >= 15 is 0 Å². The normalized spacial score (nSPS) is 12.8. The molecule has 0 amide bonds. The van der Waals surface area contributed by atoms with Gasteiger partial charge in [-0.15, -0.1) is 0 Å². The minimum Gasteiger partial charge on any atom is -0.396 e. The molecule has 0 aromatic rings. The maximum Gasteiger partial charge on any atom is 0.0701 e. The van der Waals surface area contributed by atoms with Crippen LogP contribution in [0.3, 0.4) is 0 Å². The van der Waals surface area contributed by atoms with Crippen LogP contribution in [0.5, 0.6) is 0 Å². The molecule has 0 spiro atoms. The number of hydrogen-bond acceptors (Lipinski definition) is 2. The van der Waals surface area contributed by atoms with Crippen LogP contribution in [0.2, 0.25) is 0 Å². The number of ether oxygens (including phenoxy) is 1. The van der Waals surface area contributed by atoms with Crippen LogP contribution >= 0.6 is 0 Å². The van der Waals surface area contributed by atoms with Gasteiger partial charge in [0.25, 0.3) is 0 Å². The second-order valence-corrected chi connectivity index (χ2v) is 6.99. The summed E-state index contributed by atoms with van der Waals surface area (Å²) in [7, 11) is 0. The maximum atomic E-state index is 8.68. The summed E-state index contributed by atoms with van der Waals surface area (Å²) >= 11 is 0. The van der Waals surface area contributed by atoms with Gasteiger partial charge < -0.3 is 9.84 Å². The lowest BCUT2D eigenvalue weighted by molar-refractivity contribution is 0.282. The SMILES string of the molecule is C1CO1.CCCCCCCCCCCCCCCCCCCO. The Kier molecular flexibility index (Phi) is 21.8. The second kappa shape index (κ2) is 21.9. The van der Waals surface area contributed by atoms with Crippen molar-refractivity contribution >= 4 is 0 Å². The summed E-state index contributed by atoms with van der Waals surface area (Å²) in [5.41, 5.74) is 0. The smallest absolute Gasteiger partial charge is 0.0701 e. The Labute approximate surface area is 146 Å². The fourth-order valence-corrected chi connectivity index (χ4v) is 2.84. The topological polar surface area (TPSA) is 32.8 Å². The molecule has 0 saturated carbocycles. The molecule has 2 nitrogen and oxygen atoms in total. The molecule has 0 unspecified atom stereocenters. The van der Waals surface area contributed by atoms with Gasteiger partial charge in [-0.25, -0.2) is 0 Å². The zero-order chi connectivity index (χ0) is 16.8. The Morgan fingerprint density at radius 3 is 1.00 bits per heavy atom. The minimum atomic E-state index is 0.374. The molecule has 0 bridgehead atoms. The average Bonchev–Trinajstić information content (AvgIpc) is 3.43. The van der Waals surface area contributed by atoms with Crippen molar-refractivity contribution in [2.24, 2.45) is 0 Å². The zero-order valence-corrected chi connectivity index (χ0v) is 16.0. The van der Waals surface area contributed by atoms with Gasteiger partial charge in [-0.3, -0.25) is 0 Å². The number of epoxide rings is 1. The third-order valence-corrected chi connectivity index (χ3v) is 4.47. The van der Waals surface area contributed by atoms with Crippen molar-refractivity contribution in [2.75, 3.05) is 19.8 Å². The van der Waals surface area contributed by atoms with E-state index in [1.165, 1.54) is 103 Å². The van der Waals surface area contributed by atoms with Crippen molar-refractivity contribution in [3.63, 3.8) is 0 Å². The summed E-state index contributed by atoms with van der Waals surface area (Å²) in [6.45, 7) is 4.66. The third-order valence-electron chi connectivity index (χ3n) is 4.47. The second-order valence-electron chi connectivity index (χ2n) is 6.99. The molecule has 0 aromatic carbocycles. The number of aliphatic hydroxyl groups excluding tert-OH is 1. The Balaban J connectivity index is 0.00000143. The van der Waals surface area contributed by atoms with Gasteiger partial charge in [0.2, 0.25) is 0 Å². The first-order valence-corrected chi connectivity index (χ1v) is 10.6. The Bertz CT molecular complexity index is 172. The molecule has 0 radical (unpaired) electrons. The van der Waals surface area contributed by atoms with Gasteiger partial charge in [0.1, 0.15) is 0 Å². The van der Waals surface area contributed by atoms with Crippen LogP contribution in [-0.4, -0.2) is 24.9 Å². The van der Waals surface area contributed by atoms with Gasteiger partial charge in [-0.05, 0) is 6.42 Å². The molecular formula is C21H44O2. The summed E-state index contributed by atoms with van der Waals surface area (Å²) < 4.78 is 4.50. The highest BCUT2D eigenvalue weighted by molar-refractivity contribution is 4.50. The molecule has 140 valence electrons. The van der Waals surface area contributed by atoms with Crippen molar-refractivity contribution in [2.45, 2.75) is 116 Å². The number of hydrogen-bond donors (Lipinski definition) is 1. The molecule has 1 saturated heterocycles. The van der Waals surface area contributed by atoms with Crippen LogP contribution in [0.15, 0.2) is 0 Å². The van der Waals surface area contributed by atoms with E-state index in [0.29, 0.717) is 6.61 Å². The summed E-state index contributed by atoms with van der Waals surface area (Å²) in [4.78, 5) is 0. The molecule has 0 aliphatic carbocycles. The number of aliphatic hydroxyl groups is 1. The molecule has 23 heavy (non-hydrogen) atoms. The Hall–Kier alpha value is -0.0800. The first-order valence-electron chi connectivity index (χ1n) is 10.6. The van der Waals surface area contributed by atoms with Gasteiger partial charge in [-0.2, -0.15) is 0 Å².